The molecule has 6 heteroatoms. The van der Waals surface area contributed by atoms with Gasteiger partial charge in [0.05, 0.1) is 21.3 Å². The van der Waals surface area contributed by atoms with E-state index in [0.29, 0.717) is 23.7 Å². The Kier molecular flexibility index (Phi) is 5.93. The second kappa shape index (κ2) is 8.36. The summed E-state index contributed by atoms with van der Waals surface area (Å²) in [4.78, 5) is 11.9. The van der Waals surface area contributed by atoms with Gasteiger partial charge < -0.3 is 14.2 Å². The van der Waals surface area contributed by atoms with Crippen LogP contribution in [0.5, 0.6) is 17.2 Å². The monoisotopic (exact) mass is 357 g/mol. The molecule has 3 rings (SSSR count). The first kappa shape index (κ1) is 18.5. The molecule has 26 heavy (non-hydrogen) atoms. The predicted molar refractivity (Wildman–Crippen MR) is 100 cm³/mol. The van der Waals surface area contributed by atoms with Crippen molar-refractivity contribution in [1.29, 1.82) is 0 Å². The summed E-state index contributed by atoms with van der Waals surface area (Å²) in [5.74, 6) is 2.72. The molecule has 1 aliphatic rings. The molecule has 1 aliphatic heterocycles. The molecule has 0 unspecified atom stereocenters. The molecule has 0 aliphatic carbocycles. The van der Waals surface area contributed by atoms with Crippen molar-refractivity contribution in [2.24, 2.45) is 0 Å². The van der Waals surface area contributed by atoms with Gasteiger partial charge in [-0.2, -0.15) is 0 Å². The average molecular weight is 357 g/mol. The van der Waals surface area contributed by atoms with Crippen LogP contribution in [0.15, 0.2) is 18.3 Å². The first-order chi connectivity index (χ1) is 12.7. The first-order valence-electron chi connectivity index (χ1n) is 9.03. The Morgan fingerprint density at radius 2 is 1.81 bits per heavy atom. The zero-order valence-corrected chi connectivity index (χ0v) is 16.0. The molecule has 0 atom stereocenters. The quantitative estimate of drug-likeness (QED) is 0.759. The van der Waals surface area contributed by atoms with Crippen molar-refractivity contribution < 1.29 is 14.2 Å². The highest BCUT2D eigenvalue weighted by Gasteiger charge is 2.18. The summed E-state index contributed by atoms with van der Waals surface area (Å²) in [6.07, 6.45) is 4.77. The lowest BCUT2D eigenvalue weighted by atomic mass is 10.1. The van der Waals surface area contributed by atoms with Gasteiger partial charge in [-0.1, -0.05) is 6.92 Å². The van der Waals surface area contributed by atoms with Crippen molar-refractivity contribution in [3.05, 3.63) is 41.0 Å². The molecule has 0 amide bonds. The van der Waals surface area contributed by atoms with Crippen LogP contribution in [0.4, 0.5) is 0 Å². The normalized spacial score (nSPS) is 14.0. The summed E-state index contributed by atoms with van der Waals surface area (Å²) >= 11 is 0. The van der Waals surface area contributed by atoms with E-state index in [-0.39, 0.29) is 0 Å². The molecule has 1 aromatic heterocycles. The van der Waals surface area contributed by atoms with E-state index in [0.717, 1.165) is 37.4 Å². The molecule has 0 saturated heterocycles. The van der Waals surface area contributed by atoms with Gasteiger partial charge in [-0.25, -0.2) is 9.97 Å². The summed E-state index contributed by atoms with van der Waals surface area (Å²) in [6, 6.07) is 3.90. The van der Waals surface area contributed by atoms with Crippen LogP contribution in [0.25, 0.3) is 0 Å². The maximum atomic E-state index is 5.43. The Morgan fingerprint density at radius 3 is 2.42 bits per heavy atom. The topological polar surface area (TPSA) is 56.7 Å². The second-order valence-electron chi connectivity index (χ2n) is 6.49. The predicted octanol–water partition coefficient (Wildman–Crippen LogP) is 2.86. The van der Waals surface area contributed by atoms with Gasteiger partial charge in [0, 0.05) is 43.4 Å². The molecular formula is C20H27N3O3. The van der Waals surface area contributed by atoms with Gasteiger partial charge in [0.25, 0.3) is 0 Å². The third-order valence-electron chi connectivity index (χ3n) is 4.69. The SMILES string of the molecule is CCCN1CCc2nc(Cc3cc(OC)c(OC)c(OC)c3)ncc2C1. The van der Waals surface area contributed by atoms with Crippen molar-refractivity contribution in [3.8, 4) is 17.2 Å². The smallest absolute Gasteiger partial charge is 0.203 e. The molecule has 0 fully saturated rings. The van der Waals surface area contributed by atoms with Gasteiger partial charge in [0.15, 0.2) is 11.5 Å². The van der Waals surface area contributed by atoms with Crippen LogP contribution in [0.1, 0.15) is 36.0 Å². The lowest BCUT2D eigenvalue weighted by Crippen LogP contribution is -2.32. The first-order valence-corrected chi connectivity index (χ1v) is 9.03. The highest BCUT2D eigenvalue weighted by molar-refractivity contribution is 5.54. The van der Waals surface area contributed by atoms with E-state index in [4.69, 9.17) is 19.2 Å². The Bertz CT molecular complexity index is 739. The third kappa shape index (κ3) is 3.90. The zero-order chi connectivity index (χ0) is 18.5. The van der Waals surface area contributed by atoms with Crippen LogP contribution >= 0.6 is 0 Å². The van der Waals surface area contributed by atoms with Gasteiger partial charge >= 0.3 is 0 Å². The van der Waals surface area contributed by atoms with E-state index in [2.05, 4.69) is 16.8 Å². The maximum Gasteiger partial charge on any atom is 0.203 e. The number of nitrogens with zero attached hydrogens (tertiary/aromatic N) is 3. The fourth-order valence-electron chi connectivity index (χ4n) is 3.43. The van der Waals surface area contributed by atoms with E-state index in [9.17, 15) is 0 Å². The van der Waals surface area contributed by atoms with Gasteiger partial charge in [0.2, 0.25) is 5.75 Å². The number of aromatic nitrogens is 2. The highest BCUT2D eigenvalue weighted by Crippen LogP contribution is 2.38. The molecule has 140 valence electrons. The van der Waals surface area contributed by atoms with Crippen LogP contribution in [0.2, 0.25) is 0 Å². The minimum atomic E-state index is 0.598. The maximum absolute atomic E-state index is 5.43. The number of fused-ring (bicyclic) bond motifs is 1. The fourth-order valence-corrected chi connectivity index (χ4v) is 3.43. The van der Waals surface area contributed by atoms with Crippen LogP contribution in [-0.2, 0) is 19.4 Å². The molecule has 0 radical (unpaired) electrons. The van der Waals surface area contributed by atoms with Crippen LogP contribution in [0.3, 0.4) is 0 Å². The Hall–Kier alpha value is -2.34. The van der Waals surface area contributed by atoms with Gasteiger partial charge in [0.1, 0.15) is 5.82 Å². The Balaban J connectivity index is 1.82. The number of hydrogen-bond acceptors (Lipinski definition) is 6. The molecule has 0 saturated carbocycles. The van der Waals surface area contributed by atoms with Crippen molar-refractivity contribution >= 4 is 0 Å². The summed E-state index contributed by atoms with van der Waals surface area (Å²) in [5, 5.41) is 0. The van der Waals surface area contributed by atoms with Crippen LogP contribution < -0.4 is 14.2 Å². The standard InChI is InChI=1S/C20H27N3O3/c1-5-7-23-8-6-16-15(13-23)12-21-19(22-16)11-14-9-17(24-2)20(26-4)18(10-14)25-3/h9-10,12H,5-8,11,13H2,1-4H3. The van der Waals surface area contributed by atoms with Crippen molar-refractivity contribution in [2.75, 3.05) is 34.4 Å². The molecule has 2 heterocycles. The molecule has 0 spiro atoms. The number of methoxy groups -OCH3 is 3. The summed E-state index contributed by atoms with van der Waals surface area (Å²) in [7, 11) is 4.85. The largest absolute Gasteiger partial charge is 0.493 e. The van der Waals surface area contributed by atoms with E-state index in [1.165, 1.54) is 17.7 Å². The van der Waals surface area contributed by atoms with E-state index < -0.39 is 0 Å². The molecule has 1 aromatic carbocycles. The lowest BCUT2D eigenvalue weighted by molar-refractivity contribution is 0.252. The fraction of sp³-hybridized carbons (Fsp3) is 0.500. The Labute approximate surface area is 155 Å². The van der Waals surface area contributed by atoms with E-state index in [1.54, 1.807) is 21.3 Å². The van der Waals surface area contributed by atoms with Gasteiger partial charge in [-0.3, -0.25) is 4.90 Å². The van der Waals surface area contributed by atoms with Crippen molar-refractivity contribution in [2.45, 2.75) is 32.7 Å². The van der Waals surface area contributed by atoms with Crippen molar-refractivity contribution in [1.82, 2.24) is 14.9 Å². The Morgan fingerprint density at radius 1 is 1.08 bits per heavy atom. The van der Waals surface area contributed by atoms with Crippen molar-refractivity contribution in [3.63, 3.8) is 0 Å². The van der Waals surface area contributed by atoms with E-state index in [1.807, 2.05) is 18.3 Å². The summed E-state index contributed by atoms with van der Waals surface area (Å²) in [6.45, 7) is 5.37. The number of rotatable bonds is 7. The average Bonchev–Trinajstić information content (AvgIpc) is 2.67. The highest BCUT2D eigenvalue weighted by atomic mass is 16.5. The molecule has 0 bridgehead atoms. The molecule has 0 N–H and O–H groups in total. The van der Waals surface area contributed by atoms with Crippen LogP contribution in [0, 0.1) is 0 Å². The number of benzene rings is 1. The lowest BCUT2D eigenvalue weighted by Gasteiger charge is -2.27. The third-order valence-corrected chi connectivity index (χ3v) is 4.69. The van der Waals surface area contributed by atoms with Gasteiger partial charge in [-0.05, 0) is 30.7 Å². The molecule has 6 nitrogen and oxygen atoms in total. The minimum absolute atomic E-state index is 0.598. The number of ether oxygens (including phenoxy) is 3. The second-order valence-corrected chi connectivity index (χ2v) is 6.49. The molecular weight excluding hydrogens is 330 g/mol. The summed E-state index contributed by atoms with van der Waals surface area (Å²) in [5.41, 5.74) is 3.45. The summed E-state index contributed by atoms with van der Waals surface area (Å²) < 4.78 is 16.2. The zero-order valence-electron chi connectivity index (χ0n) is 16.0. The molecule has 2 aromatic rings. The minimum Gasteiger partial charge on any atom is -0.493 e. The number of hydrogen-bond donors (Lipinski definition) is 0. The van der Waals surface area contributed by atoms with E-state index >= 15 is 0 Å². The van der Waals surface area contributed by atoms with Gasteiger partial charge in [-0.15, -0.1) is 0 Å². The van der Waals surface area contributed by atoms with Crippen LogP contribution in [-0.4, -0.2) is 49.3 Å².